The molecule has 1 N–H and O–H groups in total. The van der Waals surface area contributed by atoms with Gasteiger partial charge in [0.25, 0.3) is 0 Å². The smallest absolute Gasteiger partial charge is 0.106 e. The maximum absolute atomic E-state index is 5.73. The molecule has 2 heterocycles. The van der Waals surface area contributed by atoms with Crippen molar-refractivity contribution in [2.45, 2.75) is 52.5 Å². The monoisotopic (exact) mass is 289 g/mol. The van der Waals surface area contributed by atoms with Crippen LogP contribution in [0.3, 0.4) is 0 Å². The highest BCUT2D eigenvalue weighted by atomic mass is 32.1. The summed E-state index contributed by atoms with van der Waals surface area (Å²) in [6, 6.07) is 4.89. The van der Waals surface area contributed by atoms with Crippen LogP contribution in [0.5, 0.6) is 0 Å². The molecule has 0 saturated carbocycles. The van der Waals surface area contributed by atoms with Gasteiger partial charge in [0.2, 0.25) is 0 Å². The number of thiophene rings is 1. The summed E-state index contributed by atoms with van der Waals surface area (Å²) in [5.41, 5.74) is 2.87. The molecule has 0 aromatic carbocycles. The van der Waals surface area contributed by atoms with Crippen LogP contribution >= 0.6 is 11.3 Å². The number of rotatable bonds is 4. The number of hydrogen-bond donors (Lipinski definition) is 1. The van der Waals surface area contributed by atoms with E-state index in [0.29, 0.717) is 0 Å². The average molecular weight is 289 g/mol. The van der Waals surface area contributed by atoms with Gasteiger partial charge in [-0.3, -0.25) is 0 Å². The van der Waals surface area contributed by atoms with Gasteiger partial charge in [-0.1, -0.05) is 6.92 Å². The average Bonchev–Trinajstić information content (AvgIpc) is 2.99. The molecule has 0 radical (unpaired) electrons. The van der Waals surface area contributed by atoms with E-state index in [1.54, 1.807) is 10.4 Å². The van der Waals surface area contributed by atoms with E-state index in [1.165, 1.54) is 36.1 Å². The Labute approximate surface area is 125 Å². The van der Waals surface area contributed by atoms with Crippen molar-refractivity contribution in [2.24, 2.45) is 0 Å². The lowest BCUT2D eigenvalue weighted by atomic mass is 9.98. The van der Waals surface area contributed by atoms with Gasteiger partial charge in [0.15, 0.2) is 0 Å². The van der Waals surface area contributed by atoms with Crippen molar-refractivity contribution >= 4 is 11.3 Å². The summed E-state index contributed by atoms with van der Waals surface area (Å²) in [5.74, 6) is 2.04. The predicted molar refractivity (Wildman–Crippen MR) is 84.7 cm³/mol. The summed E-state index contributed by atoms with van der Waals surface area (Å²) in [7, 11) is 0. The predicted octanol–water partition coefficient (Wildman–Crippen LogP) is 4.54. The van der Waals surface area contributed by atoms with Gasteiger partial charge < -0.3 is 9.73 Å². The molecule has 1 unspecified atom stereocenters. The molecule has 3 rings (SSSR count). The largest absolute Gasteiger partial charge is 0.466 e. The minimum Gasteiger partial charge on any atom is -0.466 e. The van der Waals surface area contributed by atoms with Crippen LogP contribution in [0.4, 0.5) is 0 Å². The van der Waals surface area contributed by atoms with Crippen LogP contribution in [0.15, 0.2) is 16.5 Å². The van der Waals surface area contributed by atoms with Crippen molar-refractivity contribution < 1.29 is 4.42 Å². The zero-order valence-electron chi connectivity index (χ0n) is 12.6. The summed E-state index contributed by atoms with van der Waals surface area (Å²) >= 11 is 1.99. The van der Waals surface area contributed by atoms with Crippen LogP contribution in [0.2, 0.25) is 0 Å². The minimum atomic E-state index is 0.285. The molecule has 0 fully saturated rings. The molecule has 1 aliphatic rings. The summed E-state index contributed by atoms with van der Waals surface area (Å²) in [4.78, 5) is 3.05. The Morgan fingerprint density at radius 3 is 2.70 bits per heavy atom. The number of nitrogens with one attached hydrogen (secondary N) is 1. The lowest BCUT2D eigenvalue weighted by Crippen LogP contribution is -2.21. The van der Waals surface area contributed by atoms with E-state index in [4.69, 9.17) is 4.42 Å². The molecular weight excluding hydrogens is 266 g/mol. The molecule has 2 aromatic rings. The van der Waals surface area contributed by atoms with Crippen LogP contribution < -0.4 is 5.32 Å². The molecule has 0 spiro atoms. The SMILES string of the molecule is CCNC(c1cc2c(s1)CCCC2)c1cc(C)oc1C. The highest BCUT2D eigenvalue weighted by Gasteiger charge is 2.23. The lowest BCUT2D eigenvalue weighted by Gasteiger charge is -2.15. The highest BCUT2D eigenvalue weighted by Crippen LogP contribution is 2.36. The molecule has 2 nitrogen and oxygen atoms in total. The maximum atomic E-state index is 5.73. The van der Waals surface area contributed by atoms with E-state index < -0.39 is 0 Å². The number of fused-ring (bicyclic) bond motifs is 1. The van der Waals surface area contributed by atoms with E-state index in [1.807, 2.05) is 18.3 Å². The number of hydrogen-bond acceptors (Lipinski definition) is 3. The lowest BCUT2D eigenvalue weighted by molar-refractivity contribution is 0.495. The van der Waals surface area contributed by atoms with E-state index >= 15 is 0 Å². The van der Waals surface area contributed by atoms with E-state index in [-0.39, 0.29) is 6.04 Å². The normalized spacial score (nSPS) is 16.1. The van der Waals surface area contributed by atoms with Crippen molar-refractivity contribution in [2.75, 3.05) is 6.54 Å². The minimum absolute atomic E-state index is 0.285. The molecule has 0 aliphatic heterocycles. The van der Waals surface area contributed by atoms with Crippen molar-refractivity contribution in [3.63, 3.8) is 0 Å². The van der Waals surface area contributed by atoms with Gasteiger partial charge >= 0.3 is 0 Å². The van der Waals surface area contributed by atoms with Crippen LogP contribution in [-0.4, -0.2) is 6.54 Å². The van der Waals surface area contributed by atoms with Gasteiger partial charge in [-0.15, -0.1) is 11.3 Å². The molecule has 20 heavy (non-hydrogen) atoms. The Morgan fingerprint density at radius 1 is 1.25 bits per heavy atom. The standard InChI is InChI=1S/C17H23NOS/c1-4-18-17(14-9-11(2)19-12(14)3)16-10-13-7-5-6-8-15(13)20-16/h9-10,17-18H,4-8H2,1-3H3. The van der Waals surface area contributed by atoms with Gasteiger partial charge in [0.05, 0.1) is 6.04 Å². The second-order valence-corrected chi connectivity index (χ2v) is 6.83. The third-order valence-electron chi connectivity index (χ3n) is 4.10. The van der Waals surface area contributed by atoms with Crippen molar-refractivity contribution in [1.82, 2.24) is 5.32 Å². The van der Waals surface area contributed by atoms with Gasteiger partial charge in [0.1, 0.15) is 11.5 Å². The van der Waals surface area contributed by atoms with E-state index in [0.717, 1.165) is 18.1 Å². The third kappa shape index (κ3) is 2.57. The summed E-state index contributed by atoms with van der Waals surface area (Å²) in [6.07, 6.45) is 5.22. The molecule has 0 amide bonds. The van der Waals surface area contributed by atoms with Gasteiger partial charge in [-0.25, -0.2) is 0 Å². The summed E-state index contributed by atoms with van der Waals surface area (Å²) in [5, 5.41) is 3.63. The first kappa shape index (κ1) is 13.9. The molecule has 108 valence electrons. The molecule has 1 aliphatic carbocycles. The Hall–Kier alpha value is -1.06. The molecule has 0 bridgehead atoms. The fraction of sp³-hybridized carbons (Fsp3) is 0.529. The topological polar surface area (TPSA) is 25.2 Å². The van der Waals surface area contributed by atoms with Gasteiger partial charge in [0, 0.05) is 15.3 Å². The second kappa shape index (κ2) is 5.74. The zero-order chi connectivity index (χ0) is 14.1. The third-order valence-corrected chi connectivity index (χ3v) is 5.40. The van der Waals surface area contributed by atoms with Crippen molar-refractivity contribution in [1.29, 1.82) is 0 Å². The first-order chi connectivity index (χ1) is 9.69. The molecule has 3 heteroatoms. The first-order valence-corrected chi connectivity index (χ1v) is 8.42. The quantitative estimate of drug-likeness (QED) is 0.894. The van der Waals surface area contributed by atoms with Crippen molar-refractivity contribution in [3.05, 3.63) is 44.5 Å². The van der Waals surface area contributed by atoms with Gasteiger partial charge in [-0.2, -0.15) is 0 Å². The summed E-state index contributed by atoms with van der Waals surface area (Å²) in [6.45, 7) is 7.23. The second-order valence-electron chi connectivity index (χ2n) is 5.66. The maximum Gasteiger partial charge on any atom is 0.106 e. The van der Waals surface area contributed by atoms with Gasteiger partial charge in [-0.05, 0) is 63.8 Å². The Bertz CT molecular complexity index is 573. The number of aryl methyl sites for hydroxylation is 4. The van der Waals surface area contributed by atoms with Crippen LogP contribution in [0, 0.1) is 13.8 Å². The first-order valence-electron chi connectivity index (χ1n) is 7.60. The van der Waals surface area contributed by atoms with E-state index in [2.05, 4.69) is 31.3 Å². The zero-order valence-corrected chi connectivity index (χ0v) is 13.4. The Morgan fingerprint density at radius 2 is 2.05 bits per heavy atom. The molecule has 1 atom stereocenters. The molecule has 0 saturated heterocycles. The van der Waals surface area contributed by atoms with Crippen molar-refractivity contribution in [3.8, 4) is 0 Å². The number of furan rings is 1. The van der Waals surface area contributed by atoms with Crippen LogP contribution in [0.1, 0.15) is 58.2 Å². The summed E-state index contributed by atoms with van der Waals surface area (Å²) < 4.78 is 5.73. The fourth-order valence-electron chi connectivity index (χ4n) is 3.16. The van der Waals surface area contributed by atoms with E-state index in [9.17, 15) is 0 Å². The molecular formula is C17H23NOS. The molecule has 2 aromatic heterocycles. The fourth-order valence-corrected chi connectivity index (χ4v) is 4.51. The Balaban J connectivity index is 1.98. The van der Waals surface area contributed by atoms with Crippen LogP contribution in [0.25, 0.3) is 0 Å². The highest BCUT2D eigenvalue weighted by molar-refractivity contribution is 7.12. The van der Waals surface area contributed by atoms with Crippen LogP contribution in [-0.2, 0) is 12.8 Å². The Kier molecular flexibility index (Phi) is 3.99.